The Hall–Kier alpha value is -1.40. The molecule has 1 aromatic carbocycles. The second-order valence-corrected chi connectivity index (χ2v) is 8.17. The normalized spacial score (nSPS) is 23.9. The first-order valence-electron chi connectivity index (χ1n) is 7.35. The van der Waals surface area contributed by atoms with Crippen LogP contribution in [0.5, 0.6) is 0 Å². The van der Waals surface area contributed by atoms with E-state index in [1.54, 1.807) is 0 Å². The van der Waals surface area contributed by atoms with Crippen LogP contribution in [0.25, 0.3) is 0 Å². The first-order chi connectivity index (χ1) is 10.0. The van der Waals surface area contributed by atoms with Crippen LogP contribution in [-0.2, 0) is 21.2 Å². The Morgan fingerprint density at radius 1 is 1.14 bits per heavy atom. The molecule has 114 valence electrons. The van der Waals surface area contributed by atoms with Crippen LogP contribution in [0.4, 0.5) is 5.69 Å². The summed E-state index contributed by atoms with van der Waals surface area (Å²) in [7, 11) is -3.02. The molecule has 0 bridgehead atoms. The predicted octanol–water partition coefficient (Wildman–Crippen LogP) is 1.31. The van der Waals surface area contributed by atoms with Crippen LogP contribution in [0.15, 0.2) is 24.3 Å². The zero-order chi connectivity index (χ0) is 14.9. The number of anilines is 1. The molecule has 1 aliphatic carbocycles. The lowest BCUT2D eigenvalue weighted by Gasteiger charge is -2.10. The number of hydrogen-bond acceptors (Lipinski definition) is 4. The lowest BCUT2D eigenvalue weighted by atomic mass is 10.1. The van der Waals surface area contributed by atoms with E-state index in [1.807, 2.05) is 24.3 Å². The summed E-state index contributed by atoms with van der Waals surface area (Å²) in [5, 5.41) is 6.24. The number of nitrogens with one attached hydrogen (secondary N) is 2. The van der Waals surface area contributed by atoms with Crippen LogP contribution < -0.4 is 10.6 Å². The fourth-order valence-corrected chi connectivity index (χ4v) is 4.24. The van der Waals surface area contributed by atoms with Gasteiger partial charge in [0.15, 0.2) is 9.84 Å². The highest BCUT2D eigenvalue weighted by atomic mass is 32.2. The topological polar surface area (TPSA) is 75.3 Å². The molecule has 3 rings (SSSR count). The Bertz CT molecular complexity index is 621. The van der Waals surface area contributed by atoms with Crippen molar-refractivity contribution >= 4 is 21.4 Å². The molecule has 1 heterocycles. The molecule has 21 heavy (non-hydrogen) atoms. The van der Waals surface area contributed by atoms with Crippen molar-refractivity contribution in [3.8, 4) is 0 Å². The van der Waals surface area contributed by atoms with Gasteiger partial charge in [0.1, 0.15) is 0 Å². The standard InChI is InChI=1S/C15H20N2O3S/c18-15(12-7-8-21(19,20)10-12)17-14-3-1-11(2-4-14)9-16-13-5-6-13/h1-4,12-13,16H,5-10H2,(H,17,18). The Balaban J connectivity index is 1.53. The van der Waals surface area contributed by atoms with E-state index >= 15 is 0 Å². The Labute approximate surface area is 125 Å². The number of hydrogen-bond donors (Lipinski definition) is 2. The summed E-state index contributed by atoms with van der Waals surface area (Å²) in [6.07, 6.45) is 2.95. The van der Waals surface area contributed by atoms with Gasteiger partial charge in [-0.3, -0.25) is 4.79 Å². The van der Waals surface area contributed by atoms with Crippen LogP contribution in [0.3, 0.4) is 0 Å². The second-order valence-electron chi connectivity index (χ2n) is 5.94. The second kappa shape index (κ2) is 5.77. The molecule has 1 saturated carbocycles. The zero-order valence-electron chi connectivity index (χ0n) is 11.8. The Morgan fingerprint density at radius 3 is 2.43 bits per heavy atom. The summed E-state index contributed by atoms with van der Waals surface area (Å²) >= 11 is 0. The monoisotopic (exact) mass is 308 g/mol. The van der Waals surface area contributed by atoms with Gasteiger partial charge in [0.2, 0.25) is 5.91 Å². The maximum atomic E-state index is 12.0. The summed E-state index contributed by atoms with van der Waals surface area (Å²) in [6.45, 7) is 0.847. The number of rotatable bonds is 5. The quantitative estimate of drug-likeness (QED) is 0.860. The molecule has 2 N–H and O–H groups in total. The maximum absolute atomic E-state index is 12.0. The zero-order valence-corrected chi connectivity index (χ0v) is 12.7. The van der Waals surface area contributed by atoms with E-state index in [2.05, 4.69) is 10.6 Å². The molecule has 2 aliphatic rings. The van der Waals surface area contributed by atoms with Gasteiger partial charge in [0.05, 0.1) is 17.4 Å². The average molecular weight is 308 g/mol. The minimum atomic E-state index is -3.02. The molecule has 2 fully saturated rings. The third-order valence-corrected chi connectivity index (χ3v) is 5.76. The number of amides is 1. The van der Waals surface area contributed by atoms with Crippen molar-refractivity contribution in [2.24, 2.45) is 5.92 Å². The van der Waals surface area contributed by atoms with E-state index in [0.717, 1.165) is 12.2 Å². The number of sulfone groups is 1. The Kier molecular flexibility index (Phi) is 3.99. The molecule has 0 spiro atoms. The van der Waals surface area contributed by atoms with Crippen LogP contribution in [0, 0.1) is 5.92 Å². The van der Waals surface area contributed by atoms with Gasteiger partial charge in [-0.2, -0.15) is 0 Å². The minimum Gasteiger partial charge on any atom is -0.326 e. The Morgan fingerprint density at radius 2 is 1.86 bits per heavy atom. The fraction of sp³-hybridized carbons (Fsp3) is 0.533. The van der Waals surface area contributed by atoms with E-state index < -0.39 is 15.8 Å². The highest BCUT2D eigenvalue weighted by molar-refractivity contribution is 7.91. The molecular formula is C15H20N2O3S. The minimum absolute atomic E-state index is 0.0256. The van der Waals surface area contributed by atoms with Crippen molar-refractivity contribution in [3.05, 3.63) is 29.8 Å². The summed E-state index contributed by atoms with van der Waals surface area (Å²) in [4.78, 5) is 12.0. The molecule has 0 radical (unpaired) electrons. The molecule has 0 aromatic heterocycles. The summed E-state index contributed by atoms with van der Waals surface area (Å²) in [6, 6.07) is 8.37. The molecule has 1 aliphatic heterocycles. The maximum Gasteiger partial charge on any atom is 0.228 e. The predicted molar refractivity (Wildman–Crippen MR) is 81.7 cm³/mol. The van der Waals surface area contributed by atoms with Crippen molar-refractivity contribution in [2.45, 2.75) is 31.8 Å². The van der Waals surface area contributed by atoms with Crippen LogP contribution >= 0.6 is 0 Å². The summed E-state index contributed by atoms with van der Waals surface area (Å²) in [5.41, 5.74) is 1.91. The van der Waals surface area contributed by atoms with Gasteiger partial charge in [0, 0.05) is 18.3 Å². The third-order valence-electron chi connectivity index (χ3n) is 4.00. The lowest BCUT2D eigenvalue weighted by molar-refractivity contribution is -0.119. The summed E-state index contributed by atoms with van der Waals surface area (Å²) < 4.78 is 22.8. The van der Waals surface area contributed by atoms with E-state index in [1.165, 1.54) is 18.4 Å². The van der Waals surface area contributed by atoms with Gasteiger partial charge in [-0.1, -0.05) is 12.1 Å². The van der Waals surface area contributed by atoms with E-state index in [4.69, 9.17) is 0 Å². The smallest absolute Gasteiger partial charge is 0.228 e. The number of carbonyl (C=O) groups is 1. The van der Waals surface area contributed by atoms with Crippen molar-refractivity contribution < 1.29 is 13.2 Å². The molecule has 5 nitrogen and oxygen atoms in total. The highest BCUT2D eigenvalue weighted by Gasteiger charge is 2.32. The molecule has 6 heteroatoms. The molecule has 1 saturated heterocycles. The molecule has 1 unspecified atom stereocenters. The van der Waals surface area contributed by atoms with Crippen LogP contribution in [-0.4, -0.2) is 31.9 Å². The molecule has 1 aromatic rings. The highest BCUT2D eigenvalue weighted by Crippen LogP contribution is 2.21. The first kappa shape index (κ1) is 14.5. The van der Waals surface area contributed by atoms with Gasteiger partial charge in [0.25, 0.3) is 0 Å². The van der Waals surface area contributed by atoms with Crippen molar-refractivity contribution in [1.82, 2.24) is 5.32 Å². The lowest BCUT2D eigenvalue weighted by Crippen LogP contribution is -2.23. The van der Waals surface area contributed by atoms with E-state index in [-0.39, 0.29) is 17.4 Å². The van der Waals surface area contributed by atoms with E-state index in [0.29, 0.717) is 12.5 Å². The van der Waals surface area contributed by atoms with Gasteiger partial charge in [-0.25, -0.2) is 8.42 Å². The van der Waals surface area contributed by atoms with Gasteiger partial charge in [-0.15, -0.1) is 0 Å². The summed E-state index contributed by atoms with van der Waals surface area (Å²) in [5.74, 6) is -0.509. The van der Waals surface area contributed by atoms with E-state index in [9.17, 15) is 13.2 Å². The SMILES string of the molecule is O=C(Nc1ccc(CNC2CC2)cc1)C1CCS(=O)(=O)C1. The van der Waals surface area contributed by atoms with Crippen molar-refractivity contribution in [3.63, 3.8) is 0 Å². The number of benzene rings is 1. The molecule has 1 amide bonds. The van der Waals surface area contributed by atoms with Gasteiger partial charge in [-0.05, 0) is 37.0 Å². The largest absolute Gasteiger partial charge is 0.326 e. The van der Waals surface area contributed by atoms with Crippen molar-refractivity contribution in [2.75, 3.05) is 16.8 Å². The van der Waals surface area contributed by atoms with Crippen molar-refractivity contribution in [1.29, 1.82) is 0 Å². The molecule has 1 atom stereocenters. The van der Waals surface area contributed by atoms with Crippen LogP contribution in [0.1, 0.15) is 24.8 Å². The third kappa shape index (κ3) is 4.04. The van der Waals surface area contributed by atoms with Gasteiger partial charge >= 0.3 is 0 Å². The molecular weight excluding hydrogens is 288 g/mol. The fourth-order valence-electron chi connectivity index (χ4n) is 2.50. The van der Waals surface area contributed by atoms with Crippen LogP contribution in [0.2, 0.25) is 0 Å². The average Bonchev–Trinajstić information content (AvgIpc) is 3.20. The van der Waals surface area contributed by atoms with Gasteiger partial charge < -0.3 is 10.6 Å². The first-order valence-corrected chi connectivity index (χ1v) is 9.17. The number of carbonyl (C=O) groups excluding carboxylic acids is 1.